The van der Waals surface area contributed by atoms with Gasteiger partial charge in [-0.05, 0) is 32.0 Å². The van der Waals surface area contributed by atoms with E-state index in [2.05, 4.69) is 9.44 Å². The molecule has 0 aliphatic carbocycles. The Morgan fingerprint density at radius 1 is 1.00 bits per heavy atom. The smallest absolute Gasteiger partial charge is 0.264 e. The lowest BCUT2D eigenvalue weighted by molar-refractivity contribution is -0.0597. The highest BCUT2D eigenvalue weighted by atomic mass is 32.2. The van der Waals surface area contributed by atoms with E-state index in [0.29, 0.717) is 5.56 Å². The maximum atomic E-state index is 13.2. The van der Waals surface area contributed by atoms with Gasteiger partial charge in [0, 0.05) is 5.56 Å². The summed E-state index contributed by atoms with van der Waals surface area (Å²) in [6, 6.07) is 10.9. The van der Waals surface area contributed by atoms with Gasteiger partial charge in [-0.15, -0.1) is 0 Å². The Labute approximate surface area is 137 Å². The molecule has 0 fully saturated rings. The molecule has 0 N–H and O–H groups in total. The lowest BCUT2D eigenvalue weighted by Gasteiger charge is -2.11. The van der Waals surface area contributed by atoms with E-state index in [9.17, 15) is 21.6 Å². The second kappa shape index (κ2) is 6.64. The quantitative estimate of drug-likeness (QED) is 0.614. The molecule has 2 aromatic rings. The van der Waals surface area contributed by atoms with Crippen LogP contribution in [0.25, 0.3) is 0 Å². The minimum Gasteiger partial charge on any atom is -0.264 e. The van der Waals surface area contributed by atoms with E-state index in [-0.39, 0.29) is 10.5 Å². The molecule has 0 saturated heterocycles. The van der Waals surface area contributed by atoms with E-state index in [0.717, 1.165) is 5.56 Å². The van der Waals surface area contributed by atoms with Crippen LogP contribution >= 0.6 is 0 Å². The normalized spacial score (nSPS) is 13.0. The highest BCUT2D eigenvalue weighted by molar-refractivity contribution is 7.86. The minimum absolute atomic E-state index is 0.275. The third kappa shape index (κ3) is 4.35. The largest absolute Gasteiger partial charge is 0.437 e. The van der Waals surface area contributed by atoms with Gasteiger partial charge in [0.1, 0.15) is 4.90 Å². The van der Waals surface area contributed by atoms with Crippen molar-refractivity contribution in [3.05, 3.63) is 65.2 Å². The fourth-order valence-corrected chi connectivity index (χ4v) is 2.62. The average molecular weight is 357 g/mol. The topological polar surface area (TPSA) is 55.7 Å². The number of alkyl halides is 3. The standard InChI is InChI=1S/C16H14F3NO3S/c1-11-6-8-14(9-7-11)24(21,22)23-20-15(16(17,18)19)13-5-3-4-12(2)10-13/h3-10H,1-2H3. The monoisotopic (exact) mass is 357 g/mol. The van der Waals surface area contributed by atoms with Gasteiger partial charge in [-0.25, -0.2) is 0 Å². The van der Waals surface area contributed by atoms with E-state index in [1.807, 2.05) is 0 Å². The molecule has 0 radical (unpaired) electrons. The predicted octanol–water partition coefficient (Wildman–Crippen LogP) is 3.98. The van der Waals surface area contributed by atoms with Crippen LogP contribution in [0.3, 0.4) is 0 Å². The van der Waals surface area contributed by atoms with Crippen molar-refractivity contribution in [2.75, 3.05) is 0 Å². The maximum Gasteiger partial charge on any atom is 0.437 e. The summed E-state index contributed by atoms with van der Waals surface area (Å²) < 4.78 is 67.7. The summed E-state index contributed by atoms with van der Waals surface area (Å²) in [5.74, 6) is 0. The fraction of sp³-hybridized carbons (Fsp3) is 0.188. The third-order valence-corrected chi connectivity index (χ3v) is 4.22. The van der Waals surface area contributed by atoms with Gasteiger partial charge >= 0.3 is 16.3 Å². The van der Waals surface area contributed by atoms with Crippen LogP contribution in [0, 0.1) is 13.8 Å². The number of rotatable bonds is 4. The van der Waals surface area contributed by atoms with Crippen LogP contribution in [0.15, 0.2) is 58.6 Å². The first-order chi connectivity index (χ1) is 11.1. The molecule has 0 aliphatic rings. The van der Waals surface area contributed by atoms with Gasteiger partial charge in [-0.2, -0.15) is 21.6 Å². The Morgan fingerprint density at radius 2 is 1.62 bits per heavy atom. The van der Waals surface area contributed by atoms with Gasteiger partial charge in [-0.1, -0.05) is 46.6 Å². The molecule has 128 valence electrons. The summed E-state index contributed by atoms with van der Waals surface area (Å²) >= 11 is 0. The van der Waals surface area contributed by atoms with Crippen LogP contribution in [0.1, 0.15) is 16.7 Å². The van der Waals surface area contributed by atoms with Crippen molar-refractivity contribution < 1.29 is 25.9 Å². The van der Waals surface area contributed by atoms with Crippen LogP contribution in [-0.4, -0.2) is 20.3 Å². The first kappa shape index (κ1) is 18.0. The molecular formula is C16H14F3NO3S. The molecule has 0 saturated carbocycles. The zero-order chi connectivity index (χ0) is 18.0. The van der Waals surface area contributed by atoms with Crippen molar-refractivity contribution in [2.24, 2.45) is 5.16 Å². The molecule has 2 rings (SSSR count). The van der Waals surface area contributed by atoms with Crippen molar-refractivity contribution in [1.29, 1.82) is 0 Å². The zero-order valence-electron chi connectivity index (χ0n) is 12.8. The summed E-state index contributed by atoms with van der Waals surface area (Å²) in [5.41, 5.74) is -0.317. The van der Waals surface area contributed by atoms with E-state index in [4.69, 9.17) is 0 Å². The fourth-order valence-electron chi connectivity index (χ4n) is 1.89. The first-order valence-corrected chi connectivity index (χ1v) is 8.23. The molecule has 0 unspecified atom stereocenters. The summed E-state index contributed by atoms with van der Waals surface area (Å²) in [4.78, 5) is -0.275. The van der Waals surface area contributed by atoms with Crippen LogP contribution in [0.5, 0.6) is 0 Å². The highest BCUT2D eigenvalue weighted by Crippen LogP contribution is 2.24. The lowest BCUT2D eigenvalue weighted by Crippen LogP contribution is -2.25. The molecule has 24 heavy (non-hydrogen) atoms. The van der Waals surface area contributed by atoms with Gasteiger partial charge in [-0.3, -0.25) is 4.28 Å². The molecule has 0 spiro atoms. The van der Waals surface area contributed by atoms with Crippen LogP contribution < -0.4 is 0 Å². The summed E-state index contributed by atoms with van der Waals surface area (Å²) in [6.07, 6.45) is -4.86. The first-order valence-electron chi connectivity index (χ1n) is 6.82. The van der Waals surface area contributed by atoms with Crippen molar-refractivity contribution in [3.8, 4) is 0 Å². The second-order valence-corrected chi connectivity index (χ2v) is 6.68. The predicted molar refractivity (Wildman–Crippen MR) is 83.2 cm³/mol. The molecule has 8 heteroatoms. The van der Waals surface area contributed by atoms with E-state index >= 15 is 0 Å². The van der Waals surface area contributed by atoms with Gasteiger partial charge in [0.2, 0.25) is 0 Å². The van der Waals surface area contributed by atoms with Gasteiger partial charge in [0.15, 0.2) is 5.71 Å². The average Bonchev–Trinajstić information content (AvgIpc) is 2.46. The summed E-state index contributed by atoms with van der Waals surface area (Å²) in [6.45, 7) is 3.36. The molecule has 2 aromatic carbocycles. The highest BCUT2D eigenvalue weighted by Gasteiger charge is 2.38. The molecule has 0 atom stereocenters. The molecular weight excluding hydrogens is 343 g/mol. The van der Waals surface area contributed by atoms with Gasteiger partial charge < -0.3 is 0 Å². The van der Waals surface area contributed by atoms with Gasteiger partial charge in [0.05, 0.1) is 0 Å². The Hall–Kier alpha value is -2.35. The zero-order valence-corrected chi connectivity index (χ0v) is 13.6. The number of nitrogens with zero attached hydrogens (tertiary/aromatic N) is 1. The second-order valence-electron chi connectivity index (χ2n) is 5.15. The summed E-state index contributed by atoms with van der Waals surface area (Å²) in [7, 11) is -4.44. The molecule has 0 heterocycles. The van der Waals surface area contributed by atoms with Crippen molar-refractivity contribution >= 4 is 15.8 Å². The summed E-state index contributed by atoms with van der Waals surface area (Å²) in [5, 5.41) is 2.88. The third-order valence-electron chi connectivity index (χ3n) is 3.10. The van der Waals surface area contributed by atoms with E-state index in [1.54, 1.807) is 19.9 Å². The molecule has 0 bridgehead atoms. The molecule has 4 nitrogen and oxygen atoms in total. The number of halogens is 3. The number of aryl methyl sites for hydroxylation is 2. The Balaban J connectivity index is 2.39. The SMILES string of the molecule is Cc1ccc(S(=O)(=O)ON=C(c2cccc(C)c2)C(F)(F)F)cc1. The molecule has 0 aliphatic heterocycles. The van der Waals surface area contributed by atoms with Crippen LogP contribution in [0.4, 0.5) is 13.2 Å². The van der Waals surface area contributed by atoms with Crippen molar-refractivity contribution in [1.82, 2.24) is 0 Å². The molecule has 0 aromatic heterocycles. The number of benzene rings is 2. The van der Waals surface area contributed by atoms with Crippen molar-refractivity contribution in [3.63, 3.8) is 0 Å². The van der Waals surface area contributed by atoms with E-state index < -0.39 is 22.0 Å². The lowest BCUT2D eigenvalue weighted by atomic mass is 10.1. The van der Waals surface area contributed by atoms with Gasteiger partial charge in [0.25, 0.3) is 0 Å². The van der Waals surface area contributed by atoms with Crippen LogP contribution in [-0.2, 0) is 14.4 Å². The maximum absolute atomic E-state index is 13.2. The Morgan fingerprint density at radius 3 is 2.17 bits per heavy atom. The number of oxime groups is 1. The van der Waals surface area contributed by atoms with Crippen LogP contribution in [0.2, 0.25) is 0 Å². The van der Waals surface area contributed by atoms with Crippen molar-refractivity contribution in [2.45, 2.75) is 24.9 Å². The number of hydrogen-bond acceptors (Lipinski definition) is 4. The Kier molecular flexibility index (Phi) is 4.98. The molecule has 0 amide bonds. The Bertz CT molecular complexity index is 857. The number of hydrogen-bond donors (Lipinski definition) is 0. The minimum atomic E-state index is -4.86. The van der Waals surface area contributed by atoms with E-state index in [1.165, 1.54) is 42.5 Å².